The number of hydrogen-bond donors (Lipinski definition) is 1. The maximum absolute atomic E-state index is 10.7. The molecular weight excluding hydrogens is 280 g/mol. The molecule has 1 unspecified atom stereocenters. The standard InChI is InChI=1S/C13H22O2.C2H3ClO2/c1-5-13(14)15-10-9-12(4)8-6-7-11(2)3;3-1-2(4)5/h5,7,12H,1,6,8-10H2,2-4H3;1H2,(H,4,5). The van der Waals surface area contributed by atoms with Crippen LogP contribution in [-0.2, 0) is 14.3 Å². The summed E-state index contributed by atoms with van der Waals surface area (Å²) in [7, 11) is 0. The van der Waals surface area contributed by atoms with Gasteiger partial charge in [0.2, 0.25) is 0 Å². The number of aliphatic carboxylic acids is 1. The number of hydrogen-bond acceptors (Lipinski definition) is 3. The number of allylic oxidation sites excluding steroid dienone is 2. The summed E-state index contributed by atoms with van der Waals surface area (Å²) in [6, 6.07) is 0. The Hall–Kier alpha value is -1.29. The summed E-state index contributed by atoms with van der Waals surface area (Å²) in [5, 5.41) is 7.59. The molecule has 0 aromatic rings. The van der Waals surface area contributed by atoms with Crippen molar-refractivity contribution in [2.75, 3.05) is 12.5 Å². The third-order valence-electron chi connectivity index (χ3n) is 2.35. The lowest BCUT2D eigenvalue weighted by molar-refractivity contribution is -0.138. The van der Waals surface area contributed by atoms with E-state index in [1.54, 1.807) is 0 Å². The van der Waals surface area contributed by atoms with Crippen molar-refractivity contribution in [3.05, 3.63) is 24.3 Å². The normalized spacial score (nSPS) is 10.6. The quantitative estimate of drug-likeness (QED) is 0.321. The van der Waals surface area contributed by atoms with Gasteiger partial charge in [0.1, 0.15) is 5.88 Å². The Morgan fingerprint density at radius 1 is 1.35 bits per heavy atom. The molecule has 0 aromatic carbocycles. The predicted octanol–water partition coefficient (Wildman–Crippen LogP) is 3.80. The van der Waals surface area contributed by atoms with Crippen LogP contribution in [0.1, 0.15) is 40.0 Å². The predicted molar refractivity (Wildman–Crippen MR) is 82.0 cm³/mol. The second-order valence-corrected chi connectivity index (χ2v) is 4.92. The first-order valence-corrected chi connectivity index (χ1v) is 7.07. The van der Waals surface area contributed by atoms with Crippen molar-refractivity contribution in [3.63, 3.8) is 0 Å². The topological polar surface area (TPSA) is 63.6 Å². The van der Waals surface area contributed by atoms with Gasteiger partial charge in [0.05, 0.1) is 6.61 Å². The largest absolute Gasteiger partial charge is 0.480 e. The van der Waals surface area contributed by atoms with Gasteiger partial charge < -0.3 is 9.84 Å². The Morgan fingerprint density at radius 2 is 1.90 bits per heavy atom. The van der Waals surface area contributed by atoms with Crippen molar-refractivity contribution in [3.8, 4) is 0 Å². The molecule has 0 spiro atoms. The van der Waals surface area contributed by atoms with Crippen LogP contribution >= 0.6 is 11.6 Å². The van der Waals surface area contributed by atoms with Crippen molar-refractivity contribution in [1.82, 2.24) is 0 Å². The van der Waals surface area contributed by atoms with Crippen LogP contribution in [0, 0.1) is 5.92 Å². The summed E-state index contributed by atoms with van der Waals surface area (Å²) in [6.07, 6.45) is 6.63. The van der Waals surface area contributed by atoms with Gasteiger partial charge in [-0.25, -0.2) is 4.79 Å². The number of alkyl halides is 1. The zero-order valence-corrected chi connectivity index (χ0v) is 13.3. The Labute approximate surface area is 126 Å². The van der Waals surface area contributed by atoms with E-state index in [1.165, 1.54) is 11.6 Å². The van der Waals surface area contributed by atoms with E-state index in [1.807, 2.05) is 0 Å². The number of carbonyl (C=O) groups is 2. The van der Waals surface area contributed by atoms with Gasteiger partial charge in [-0.2, -0.15) is 0 Å². The lowest BCUT2D eigenvalue weighted by Gasteiger charge is -2.09. The number of carboxylic acids is 1. The zero-order valence-electron chi connectivity index (χ0n) is 12.5. The molecule has 0 aliphatic carbocycles. The van der Waals surface area contributed by atoms with E-state index in [2.05, 4.69) is 33.4 Å². The minimum Gasteiger partial charge on any atom is -0.480 e. The van der Waals surface area contributed by atoms with Crippen LogP contribution in [0.5, 0.6) is 0 Å². The van der Waals surface area contributed by atoms with E-state index in [9.17, 15) is 9.59 Å². The van der Waals surface area contributed by atoms with Crippen LogP contribution in [0.15, 0.2) is 24.3 Å². The SMILES string of the molecule is C=CC(=O)OCCC(C)CCC=C(C)C.O=C(O)CCl. The monoisotopic (exact) mass is 304 g/mol. The molecule has 1 N–H and O–H groups in total. The number of carbonyl (C=O) groups excluding carboxylic acids is 1. The Balaban J connectivity index is 0. The zero-order chi connectivity index (χ0) is 16.0. The highest BCUT2D eigenvalue weighted by molar-refractivity contribution is 6.26. The van der Waals surface area contributed by atoms with Crippen LogP contribution in [0.25, 0.3) is 0 Å². The fourth-order valence-electron chi connectivity index (χ4n) is 1.22. The molecule has 0 saturated heterocycles. The molecule has 0 saturated carbocycles. The first-order valence-electron chi connectivity index (χ1n) is 6.53. The Bertz CT molecular complexity index is 320. The first-order chi connectivity index (χ1) is 9.33. The molecule has 0 aliphatic heterocycles. The van der Waals surface area contributed by atoms with Crippen molar-refractivity contribution < 1.29 is 19.4 Å². The molecule has 0 aliphatic rings. The smallest absolute Gasteiger partial charge is 0.330 e. The van der Waals surface area contributed by atoms with E-state index in [0.717, 1.165) is 19.3 Å². The third kappa shape index (κ3) is 19.1. The van der Waals surface area contributed by atoms with Crippen LogP contribution in [-0.4, -0.2) is 29.5 Å². The van der Waals surface area contributed by atoms with E-state index >= 15 is 0 Å². The Morgan fingerprint density at radius 3 is 2.30 bits per heavy atom. The second-order valence-electron chi connectivity index (χ2n) is 4.65. The fraction of sp³-hybridized carbons (Fsp3) is 0.600. The van der Waals surface area contributed by atoms with Gasteiger partial charge in [0, 0.05) is 6.08 Å². The lowest BCUT2D eigenvalue weighted by Crippen LogP contribution is -2.06. The van der Waals surface area contributed by atoms with E-state index in [4.69, 9.17) is 21.4 Å². The molecule has 0 rings (SSSR count). The van der Waals surface area contributed by atoms with Crippen LogP contribution < -0.4 is 0 Å². The third-order valence-corrected chi connectivity index (χ3v) is 2.58. The summed E-state index contributed by atoms with van der Waals surface area (Å²) < 4.78 is 4.92. The highest BCUT2D eigenvalue weighted by Gasteiger charge is 2.02. The second kappa shape index (κ2) is 14.1. The van der Waals surface area contributed by atoms with Gasteiger partial charge in [0.25, 0.3) is 0 Å². The van der Waals surface area contributed by atoms with Gasteiger partial charge in [-0.3, -0.25) is 4.79 Å². The van der Waals surface area contributed by atoms with Crippen molar-refractivity contribution in [2.24, 2.45) is 5.92 Å². The highest BCUT2D eigenvalue weighted by atomic mass is 35.5. The van der Waals surface area contributed by atoms with Crippen LogP contribution in [0.3, 0.4) is 0 Å². The summed E-state index contributed by atoms with van der Waals surface area (Å²) in [5.74, 6) is -1.02. The molecular formula is C15H25ClO4. The molecule has 0 aromatic heterocycles. The number of esters is 1. The first kappa shape index (κ1) is 21.0. The number of rotatable bonds is 8. The van der Waals surface area contributed by atoms with Gasteiger partial charge in [-0.15, -0.1) is 11.6 Å². The molecule has 5 heteroatoms. The maximum atomic E-state index is 10.7. The van der Waals surface area contributed by atoms with Crippen molar-refractivity contribution >= 4 is 23.5 Å². The summed E-state index contributed by atoms with van der Waals surface area (Å²) >= 11 is 4.74. The average Bonchev–Trinajstić information content (AvgIpc) is 2.38. The number of ether oxygens (including phenoxy) is 1. The van der Waals surface area contributed by atoms with E-state index in [0.29, 0.717) is 12.5 Å². The molecule has 4 nitrogen and oxygen atoms in total. The Kier molecular flexibility index (Phi) is 14.8. The molecule has 0 bridgehead atoms. The molecule has 20 heavy (non-hydrogen) atoms. The molecule has 0 radical (unpaired) electrons. The number of carboxylic acid groups (broad SMARTS) is 1. The molecule has 0 fully saturated rings. The minimum absolute atomic E-state index is 0.306. The number of halogens is 1. The molecule has 0 amide bonds. The summed E-state index contributed by atoms with van der Waals surface area (Å²) in [6.45, 7) is 10.2. The minimum atomic E-state index is -0.980. The van der Waals surface area contributed by atoms with Gasteiger partial charge in [0.15, 0.2) is 0 Å². The van der Waals surface area contributed by atoms with Crippen molar-refractivity contribution in [2.45, 2.75) is 40.0 Å². The average molecular weight is 305 g/mol. The summed E-state index contributed by atoms with van der Waals surface area (Å²) in [5.41, 5.74) is 1.36. The van der Waals surface area contributed by atoms with E-state index in [-0.39, 0.29) is 11.8 Å². The van der Waals surface area contributed by atoms with Gasteiger partial charge >= 0.3 is 11.9 Å². The van der Waals surface area contributed by atoms with Gasteiger partial charge in [-0.1, -0.05) is 25.2 Å². The summed E-state index contributed by atoms with van der Waals surface area (Å²) in [4.78, 5) is 20.0. The molecule has 0 heterocycles. The fourth-order valence-corrected chi connectivity index (χ4v) is 1.22. The van der Waals surface area contributed by atoms with Crippen LogP contribution in [0.2, 0.25) is 0 Å². The van der Waals surface area contributed by atoms with Crippen LogP contribution in [0.4, 0.5) is 0 Å². The lowest BCUT2D eigenvalue weighted by atomic mass is 10.0. The van der Waals surface area contributed by atoms with Crippen molar-refractivity contribution in [1.29, 1.82) is 0 Å². The van der Waals surface area contributed by atoms with E-state index < -0.39 is 5.97 Å². The molecule has 116 valence electrons. The maximum Gasteiger partial charge on any atom is 0.330 e. The highest BCUT2D eigenvalue weighted by Crippen LogP contribution is 2.11. The van der Waals surface area contributed by atoms with Gasteiger partial charge in [-0.05, 0) is 39.0 Å². The molecule has 1 atom stereocenters.